The molecule has 2 aromatic carbocycles. The SMILES string of the molecule is CNCCN(CCN(C)C(=O)O)C(=O)CCOCCNC(=O)OCC1c2ccccc2-c2ccccc21.O=C(O)C(F)(F)F. The summed E-state index contributed by atoms with van der Waals surface area (Å²) in [5.41, 5.74) is 4.66. The highest BCUT2D eigenvalue weighted by Gasteiger charge is 2.38. The van der Waals surface area contributed by atoms with Crippen LogP contribution in [-0.4, -0.2) is 117 Å². The number of aliphatic carboxylic acids is 1. The number of carboxylic acids is 1. The number of carboxylic acid groups (broad SMARTS) is 2. The number of carbonyl (C=O) groups is 4. The zero-order valence-electron chi connectivity index (χ0n) is 24.4. The average Bonchev–Trinajstić information content (AvgIpc) is 3.31. The van der Waals surface area contributed by atoms with Crippen LogP contribution >= 0.6 is 0 Å². The van der Waals surface area contributed by atoms with Crippen molar-refractivity contribution in [1.29, 1.82) is 0 Å². The molecule has 0 atom stereocenters. The highest BCUT2D eigenvalue weighted by Crippen LogP contribution is 2.44. The molecule has 0 spiro atoms. The first-order valence-electron chi connectivity index (χ1n) is 13.7. The van der Waals surface area contributed by atoms with E-state index in [9.17, 15) is 27.6 Å². The number of alkyl carbamates (subject to hydrolysis) is 1. The van der Waals surface area contributed by atoms with Gasteiger partial charge in [0.05, 0.1) is 19.6 Å². The van der Waals surface area contributed by atoms with Crippen molar-refractivity contribution in [2.24, 2.45) is 0 Å². The molecule has 0 radical (unpaired) electrons. The molecule has 0 aromatic heterocycles. The molecule has 0 unspecified atom stereocenters. The second kappa shape index (κ2) is 17.7. The smallest absolute Gasteiger partial charge is 0.475 e. The molecule has 242 valence electrons. The maximum atomic E-state index is 12.5. The molecule has 44 heavy (non-hydrogen) atoms. The molecule has 0 aliphatic heterocycles. The minimum atomic E-state index is -5.08. The number of halogens is 3. The monoisotopic (exact) mass is 626 g/mol. The van der Waals surface area contributed by atoms with Gasteiger partial charge >= 0.3 is 24.3 Å². The fraction of sp³-hybridized carbons (Fsp3) is 0.448. The lowest BCUT2D eigenvalue weighted by Crippen LogP contribution is -2.42. The van der Waals surface area contributed by atoms with Crippen LogP contribution < -0.4 is 10.6 Å². The molecule has 2 aromatic rings. The number of likely N-dealkylation sites (N-methyl/N-ethyl adjacent to an activating group) is 2. The van der Waals surface area contributed by atoms with Crippen molar-refractivity contribution in [3.05, 3.63) is 59.7 Å². The van der Waals surface area contributed by atoms with Gasteiger partial charge < -0.3 is 40.1 Å². The third-order valence-corrected chi connectivity index (χ3v) is 6.58. The summed E-state index contributed by atoms with van der Waals surface area (Å²) in [4.78, 5) is 47.4. The van der Waals surface area contributed by atoms with E-state index in [1.54, 1.807) is 11.9 Å². The van der Waals surface area contributed by atoms with Gasteiger partial charge in [0.25, 0.3) is 0 Å². The fourth-order valence-electron chi connectivity index (χ4n) is 4.27. The van der Waals surface area contributed by atoms with Gasteiger partial charge in [-0.1, -0.05) is 48.5 Å². The summed E-state index contributed by atoms with van der Waals surface area (Å²) in [5.74, 6) is -2.87. The summed E-state index contributed by atoms with van der Waals surface area (Å²) in [6.07, 6.45) is -6.46. The predicted molar refractivity (Wildman–Crippen MR) is 153 cm³/mol. The van der Waals surface area contributed by atoms with E-state index in [-0.39, 0.29) is 51.2 Å². The molecule has 15 heteroatoms. The van der Waals surface area contributed by atoms with Gasteiger partial charge in [0.2, 0.25) is 5.91 Å². The number of benzene rings is 2. The van der Waals surface area contributed by atoms with Crippen molar-refractivity contribution in [3.8, 4) is 11.1 Å². The normalized spacial score (nSPS) is 11.8. The number of ether oxygens (including phenoxy) is 2. The molecule has 0 saturated carbocycles. The van der Waals surface area contributed by atoms with Gasteiger partial charge in [-0.3, -0.25) is 4.79 Å². The average molecular weight is 627 g/mol. The number of alkyl halides is 3. The molecule has 0 heterocycles. The van der Waals surface area contributed by atoms with Crippen LogP contribution in [0.25, 0.3) is 11.1 Å². The van der Waals surface area contributed by atoms with E-state index in [1.807, 2.05) is 24.3 Å². The van der Waals surface area contributed by atoms with Crippen LogP contribution in [0, 0.1) is 0 Å². The minimum absolute atomic E-state index is 0.00144. The first kappa shape index (κ1) is 35.8. The largest absolute Gasteiger partial charge is 0.490 e. The second-order valence-electron chi connectivity index (χ2n) is 9.61. The van der Waals surface area contributed by atoms with Crippen molar-refractivity contribution in [2.75, 3.05) is 66.6 Å². The van der Waals surface area contributed by atoms with Gasteiger partial charge in [0.15, 0.2) is 0 Å². The molecular formula is C29H37F3N4O8. The van der Waals surface area contributed by atoms with Gasteiger partial charge in [-0.05, 0) is 29.3 Å². The van der Waals surface area contributed by atoms with Crippen molar-refractivity contribution in [1.82, 2.24) is 20.4 Å². The van der Waals surface area contributed by atoms with E-state index < -0.39 is 24.3 Å². The first-order chi connectivity index (χ1) is 20.9. The van der Waals surface area contributed by atoms with E-state index in [0.29, 0.717) is 19.6 Å². The maximum Gasteiger partial charge on any atom is 0.490 e. The summed E-state index contributed by atoms with van der Waals surface area (Å²) in [5, 5.41) is 21.8. The van der Waals surface area contributed by atoms with Crippen LogP contribution in [0.5, 0.6) is 0 Å². The highest BCUT2D eigenvalue weighted by molar-refractivity contribution is 5.79. The van der Waals surface area contributed by atoms with Crippen LogP contribution in [0.4, 0.5) is 22.8 Å². The lowest BCUT2D eigenvalue weighted by Gasteiger charge is -2.25. The van der Waals surface area contributed by atoms with E-state index in [4.69, 9.17) is 24.5 Å². The van der Waals surface area contributed by atoms with Gasteiger partial charge in [-0.15, -0.1) is 0 Å². The van der Waals surface area contributed by atoms with Crippen molar-refractivity contribution < 1.29 is 52.0 Å². The Morgan fingerprint density at radius 3 is 1.98 bits per heavy atom. The molecule has 1 aliphatic rings. The molecule has 0 saturated heterocycles. The summed E-state index contributed by atoms with van der Waals surface area (Å²) < 4.78 is 42.7. The Kier molecular flexibility index (Phi) is 14.4. The number of nitrogens with zero attached hydrogens (tertiary/aromatic N) is 2. The second-order valence-corrected chi connectivity index (χ2v) is 9.61. The third kappa shape index (κ3) is 11.4. The van der Waals surface area contributed by atoms with Crippen LogP contribution in [0.1, 0.15) is 23.5 Å². The number of hydrogen-bond donors (Lipinski definition) is 4. The standard InChI is InChI=1S/C27H36N4O6.C2HF3O2/c1-28-12-14-31(16-15-30(2)27(34)35)25(32)11-17-36-18-13-29-26(33)37-19-24-22-9-5-3-7-20(22)21-8-4-6-10-23(21)24;3-2(4,5)1(6)7/h3-10,24,28H,11-19H2,1-2H3,(H,29,33)(H,34,35);(H,6,7). The quantitative estimate of drug-likeness (QED) is 0.231. The molecule has 4 N–H and O–H groups in total. The highest BCUT2D eigenvalue weighted by atomic mass is 19.4. The summed E-state index contributed by atoms with van der Waals surface area (Å²) in [6.45, 7) is 2.58. The summed E-state index contributed by atoms with van der Waals surface area (Å²) >= 11 is 0. The van der Waals surface area contributed by atoms with Crippen LogP contribution in [-0.2, 0) is 19.1 Å². The lowest BCUT2D eigenvalue weighted by atomic mass is 9.98. The van der Waals surface area contributed by atoms with Gasteiger partial charge in [-0.2, -0.15) is 13.2 Å². The predicted octanol–water partition coefficient (Wildman–Crippen LogP) is 3.22. The number of amides is 3. The Hall–Kier alpha value is -4.37. The van der Waals surface area contributed by atoms with Crippen molar-refractivity contribution >= 4 is 24.1 Å². The minimum Gasteiger partial charge on any atom is -0.475 e. The summed E-state index contributed by atoms with van der Waals surface area (Å²) in [6, 6.07) is 16.3. The number of hydrogen-bond acceptors (Lipinski definition) is 7. The van der Waals surface area contributed by atoms with Crippen LogP contribution in [0.15, 0.2) is 48.5 Å². The molecule has 0 fully saturated rings. The van der Waals surface area contributed by atoms with Gasteiger partial charge in [0.1, 0.15) is 6.61 Å². The Morgan fingerprint density at radius 2 is 1.45 bits per heavy atom. The fourth-order valence-corrected chi connectivity index (χ4v) is 4.27. The number of rotatable bonds is 14. The molecule has 3 rings (SSSR count). The Bertz CT molecular complexity index is 1220. The van der Waals surface area contributed by atoms with Crippen molar-refractivity contribution in [3.63, 3.8) is 0 Å². The van der Waals surface area contributed by atoms with Crippen LogP contribution in [0.3, 0.4) is 0 Å². The molecular weight excluding hydrogens is 589 g/mol. The number of nitrogens with one attached hydrogen (secondary N) is 2. The Labute approximate surface area is 252 Å². The number of carbonyl (C=O) groups excluding carboxylic acids is 2. The maximum absolute atomic E-state index is 12.5. The Balaban J connectivity index is 0.000000860. The lowest BCUT2D eigenvalue weighted by molar-refractivity contribution is -0.192. The third-order valence-electron chi connectivity index (χ3n) is 6.58. The first-order valence-corrected chi connectivity index (χ1v) is 13.7. The molecule has 1 aliphatic carbocycles. The number of fused-ring (bicyclic) bond motifs is 3. The van der Waals surface area contributed by atoms with E-state index in [2.05, 4.69) is 34.9 Å². The summed E-state index contributed by atoms with van der Waals surface area (Å²) in [7, 11) is 3.26. The molecule has 3 amide bonds. The van der Waals surface area contributed by atoms with E-state index >= 15 is 0 Å². The van der Waals surface area contributed by atoms with Gasteiger partial charge in [0, 0.05) is 45.7 Å². The topological polar surface area (TPSA) is 158 Å². The van der Waals surface area contributed by atoms with E-state index in [1.165, 1.54) is 18.2 Å². The molecule has 12 nitrogen and oxygen atoms in total. The zero-order valence-corrected chi connectivity index (χ0v) is 24.4. The zero-order chi connectivity index (χ0) is 32.7. The van der Waals surface area contributed by atoms with Crippen molar-refractivity contribution in [2.45, 2.75) is 18.5 Å². The van der Waals surface area contributed by atoms with E-state index in [0.717, 1.165) is 16.0 Å². The van der Waals surface area contributed by atoms with Crippen LogP contribution in [0.2, 0.25) is 0 Å². The van der Waals surface area contributed by atoms with Gasteiger partial charge in [-0.25, -0.2) is 14.4 Å². The Morgan fingerprint density at radius 1 is 0.886 bits per heavy atom. The molecule has 0 bridgehead atoms.